The lowest BCUT2D eigenvalue weighted by molar-refractivity contribution is -0.136. The minimum atomic E-state index is -0.757. The summed E-state index contributed by atoms with van der Waals surface area (Å²) in [5.41, 5.74) is 2.22. The van der Waals surface area contributed by atoms with E-state index in [0.717, 1.165) is 23.3 Å². The number of rotatable bonds is 7. The monoisotopic (exact) mass is 250 g/mol. The van der Waals surface area contributed by atoms with Gasteiger partial charge in [0, 0.05) is 6.42 Å². The zero-order chi connectivity index (χ0) is 13.5. The minimum absolute atomic E-state index is 0.173. The van der Waals surface area contributed by atoms with Crippen molar-refractivity contribution in [2.24, 2.45) is 0 Å². The highest BCUT2D eigenvalue weighted by Gasteiger charge is 2.09. The van der Waals surface area contributed by atoms with Gasteiger partial charge >= 0.3 is 5.97 Å². The molecule has 1 N–H and O–H groups in total. The highest BCUT2D eigenvalue weighted by Crippen LogP contribution is 2.28. The Morgan fingerprint density at radius 3 is 2.67 bits per heavy atom. The SMILES string of the molecule is CCCOc1ccc(CCC(=O)O)cc1C(C)C. The molecule has 1 rings (SSSR count). The first-order chi connectivity index (χ1) is 8.54. The zero-order valence-electron chi connectivity index (χ0n) is 11.4. The first-order valence-electron chi connectivity index (χ1n) is 6.52. The van der Waals surface area contributed by atoms with E-state index in [-0.39, 0.29) is 6.42 Å². The molecule has 0 spiro atoms. The Balaban J connectivity index is 2.85. The third kappa shape index (κ3) is 4.40. The molecule has 0 unspecified atom stereocenters. The Hall–Kier alpha value is -1.51. The number of hydrogen-bond acceptors (Lipinski definition) is 2. The van der Waals surface area contributed by atoms with Crippen molar-refractivity contribution in [3.63, 3.8) is 0 Å². The second kappa shape index (κ2) is 7.04. The first kappa shape index (κ1) is 14.6. The van der Waals surface area contributed by atoms with Gasteiger partial charge in [-0.3, -0.25) is 4.79 Å². The molecule has 0 aromatic heterocycles. The number of carboxylic acid groups (broad SMARTS) is 1. The summed E-state index contributed by atoms with van der Waals surface area (Å²) in [6, 6.07) is 5.99. The molecule has 3 nitrogen and oxygen atoms in total. The summed E-state index contributed by atoms with van der Waals surface area (Å²) in [5.74, 6) is 0.542. The van der Waals surface area contributed by atoms with Crippen LogP contribution in [0, 0.1) is 0 Å². The fourth-order valence-electron chi connectivity index (χ4n) is 1.80. The third-order valence-corrected chi connectivity index (χ3v) is 2.79. The minimum Gasteiger partial charge on any atom is -0.493 e. The lowest BCUT2D eigenvalue weighted by Crippen LogP contribution is -2.02. The Morgan fingerprint density at radius 1 is 1.39 bits per heavy atom. The van der Waals surface area contributed by atoms with Gasteiger partial charge < -0.3 is 9.84 Å². The largest absolute Gasteiger partial charge is 0.493 e. The molecule has 0 radical (unpaired) electrons. The lowest BCUT2D eigenvalue weighted by Gasteiger charge is -2.15. The summed E-state index contributed by atoms with van der Waals surface area (Å²) in [6.45, 7) is 7.04. The van der Waals surface area contributed by atoms with E-state index in [2.05, 4.69) is 26.8 Å². The molecule has 0 saturated carbocycles. The van der Waals surface area contributed by atoms with E-state index in [1.54, 1.807) is 0 Å². The number of hydrogen-bond donors (Lipinski definition) is 1. The van der Waals surface area contributed by atoms with Crippen LogP contribution in [0.4, 0.5) is 0 Å². The van der Waals surface area contributed by atoms with Gasteiger partial charge in [-0.05, 0) is 36.0 Å². The van der Waals surface area contributed by atoms with Crippen LogP contribution >= 0.6 is 0 Å². The fraction of sp³-hybridized carbons (Fsp3) is 0.533. The van der Waals surface area contributed by atoms with Crippen molar-refractivity contribution in [2.75, 3.05) is 6.61 Å². The zero-order valence-corrected chi connectivity index (χ0v) is 11.4. The van der Waals surface area contributed by atoms with Gasteiger partial charge in [0.05, 0.1) is 6.61 Å². The van der Waals surface area contributed by atoms with Crippen LogP contribution in [0.2, 0.25) is 0 Å². The highest BCUT2D eigenvalue weighted by atomic mass is 16.5. The molecule has 1 aromatic rings. The molecular weight excluding hydrogens is 228 g/mol. The maximum absolute atomic E-state index is 10.6. The average molecular weight is 250 g/mol. The molecule has 0 fully saturated rings. The number of ether oxygens (including phenoxy) is 1. The van der Waals surface area contributed by atoms with Gasteiger partial charge in [-0.15, -0.1) is 0 Å². The standard InChI is InChI=1S/C15H22O3/c1-4-9-18-14-7-5-12(6-8-15(16)17)10-13(14)11(2)3/h5,7,10-11H,4,6,8-9H2,1-3H3,(H,16,17). The summed E-state index contributed by atoms with van der Waals surface area (Å²) in [7, 11) is 0. The van der Waals surface area contributed by atoms with E-state index in [0.29, 0.717) is 18.9 Å². The van der Waals surface area contributed by atoms with Crippen LogP contribution < -0.4 is 4.74 Å². The first-order valence-corrected chi connectivity index (χ1v) is 6.52. The normalized spacial score (nSPS) is 10.7. The summed E-state index contributed by atoms with van der Waals surface area (Å²) in [4.78, 5) is 10.6. The Labute approximate surface area is 109 Å². The van der Waals surface area contributed by atoms with E-state index in [1.807, 2.05) is 12.1 Å². The van der Waals surface area contributed by atoms with Crippen molar-refractivity contribution in [2.45, 2.75) is 46.0 Å². The van der Waals surface area contributed by atoms with Gasteiger partial charge in [0.1, 0.15) is 5.75 Å². The second-order valence-corrected chi connectivity index (χ2v) is 4.77. The molecule has 1 aromatic carbocycles. The Kier molecular flexibility index (Phi) is 5.69. The van der Waals surface area contributed by atoms with E-state index in [1.165, 1.54) is 0 Å². The molecule has 18 heavy (non-hydrogen) atoms. The van der Waals surface area contributed by atoms with Gasteiger partial charge in [0.15, 0.2) is 0 Å². The van der Waals surface area contributed by atoms with Crippen molar-refractivity contribution in [3.8, 4) is 5.75 Å². The van der Waals surface area contributed by atoms with Crippen LogP contribution in [-0.4, -0.2) is 17.7 Å². The summed E-state index contributed by atoms with van der Waals surface area (Å²) in [5, 5.41) is 8.70. The number of aryl methyl sites for hydroxylation is 1. The molecule has 0 aliphatic rings. The van der Waals surface area contributed by atoms with Gasteiger partial charge in [-0.2, -0.15) is 0 Å². The number of aliphatic carboxylic acids is 1. The van der Waals surface area contributed by atoms with Crippen LogP contribution in [0.3, 0.4) is 0 Å². The summed E-state index contributed by atoms with van der Waals surface area (Å²) in [6.07, 6.45) is 1.73. The topological polar surface area (TPSA) is 46.5 Å². The molecule has 100 valence electrons. The van der Waals surface area contributed by atoms with E-state index in [9.17, 15) is 4.79 Å². The van der Waals surface area contributed by atoms with E-state index in [4.69, 9.17) is 9.84 Å². The molecule has 0 heterocycles. The molecule has 3 heteroatoms. The quantitative estimate of drug-likeness (QED) is 0.804. The Bertz CT molecular complexity index is 397. The van der Waals surface area contributed by atoms with E-state index < -0.39 is 5.97 Å². The van der Waals surface area contributed by atoms with Crippen LogP contribution in [0.25, 0.3) is 0 Å². The summed E-state index contributed by atoms with van der Waals surface area (Å²) >= 11 is 0. The van der Waals surface area contributed by atoms with Crippen molar-refractivity contribution in [1.82, 2.24) is 0 Å². The summed E-state index contributed by atoms with van der Waals surface area (Å²) < 4.78 is 5.71. The predicted octanol–water partition coefficient (Wildman–Crippen LogP) is 3.62. The van der Waals surface area contributed by atoms with Crippen LogP contribution in [0.1, 0.15) is 50.7 Å². The maximum atomic E-state index is 10.6. The molecule has 0 saturated heterocycles. The molecule has 0 aliphatic carbocycles. The smallest absolute Gasteiger partial charge is 0.303 e. The van der Waals surface area contributed by atoms with Gasteiger partial charge in [0.25, 0.3) is 0 Å². The van der Waals surface area contributed by atoms with Gasteiger partial charge in [-0.1, -0.05) is 32.9 Å². The number of carbonyl (C=O) groups is 1. The average Bonchev–Trinajstić information content (AvgIpc) is 2.34. The van der Waals surface area contributed by atoms with Gasteiger partial charge in [-0.25, -0.2) is 0 Å². The predicted molar refractivity (Wildman–Crippen MR) is 72.3 cm³/mol. The van der Waals surface area contributed by atoms with Crippen molar-refractivity contribution in [3.05, 3.63) is 29.3 Å². The van der Waals surface area contributed by atoms with Crippen molar-refractivity contribution < 1.29 is 14.6 Å². The molecular formula is C15H22O3. The molecule has 0 bridgehead atoms. The highest BCUT2D eigenvalue weighted by molar-refractivity contribution is 5.67. The van der Waals surface area contributed by atoms with Crippen LogP contribution in [0.15, 0.2) is 18.2 Å². The van der Waals surface area contributed by atoms with Crippen LogP contribution in [0.5, 0.6) is 5.75 Å². The molecule has 0 aliphatic heterocycles. The van der Waals surface area contributed by atoms with Crippen LogP contribution in [-0.2, 0) is 11.2 Å². The number of benzene rings is 1. The number of carboxylic acids is 1. The molecule has 0 atom stereocenters. The van der Waals surface area contributed by atoms with Gasteiger partial charge in [0.2, 0.25) is 0 Å². The van der Waals surface area contributed by atoms with Crippen molar-refractivity contribution in [1.29, 1.82) is 0 Å². The maximum Gasteiger partial charge on any atom is 0.303 e. The Morgan fingerprint density at radius 2 is 2.11 bits per heavy atom. The second-order valence-electron chi connectivity index (χ2n) is 4.77. The van der Waals surface area contributed by atoms with Crippen molar-refractivity contribution >= 4 is 5.97 Å². The lowest BCUT2D eigenvalue weighted by atomic mass is 9.98. The fourth-order valence-corrected chi connectivity index (χ4v) is 1.80. The third-order valence-electron chi connectivity index (χ3n) is 2.79. The molecule has 0 amide bonds. The van der Waals surface area contributed by atoms with E-state index >= 15 is 0 Å².